The van der Waals surface area contributed by atoms with Gasteiger partial charge in [0.15, 0.2) is 0 Å². The van der Waals surface area contributed by atoms with Gasteiger partial charge in [0.25, 0.3) is 0 Å². The van der Waals surface area contributed by atoms with Gasteiger partial charge in [-0.2, -0.15) is 6.92 Å². The van der Waals surface area contributed by atoms with E-state index in [4.69, 9.17) is 15.2 Å². The first kappa shape index (κ1) is 76.8. The van der Waals surface area contributed by atoms with Crippen molar-refractivity contribution in [3.05, 3.63) is 6.92 Å². The van der Waals surface area contributed by atoms with Crippen molar-refractivity contribution >= 4 is 77.8 Å². The summed E-state index contributed by atoms with van der Waals surface area (Å²) in [5, 5.41) is 9.15. The Balaban J connectivity index is -0.000000838. The smallest absolute Gasteiger partial charge is 0 e. The molecule has 11 nitrogen and oxygen atoms in total. The maximum atomic E-state index is 11.9. The van der Waals surface area contributed by atoms with Gasteiger partial charge in [-0.3, -0.25) is 14.6 Å². The van der Waals surface area contributed by atoms with E-state index < -0.39 is 11.2 Å². The van der Waals surface area contributed by atoms with Crippen molar-refractivity contribution < 1.29 is 55.7 Å². The molecule has 6 aliphatic rings. The molecule has 3 aliphatic carbocycles. The van der Waals surface area contributed by atoms with Crippen LogP contribution in [0, 0.1) is 24.7 Å². The molecule has 16 heteroatoms. The number of ether oxygens (including phenoxy) is 2. The third kappa shape index (κ3) is 37.9. The Morgan fingerprint density at radius 1 is 0.704 bits per heavy atom. The van der Waals surface area contributed by atoms with Crippen molar-refractivity contribution in [3.63, 3.8) is 0 Å². The largest absolute Gasteiger partial charge is 0.346 e. The minimum atomic E-state index is -0.420. The Hall–Kier alpha value is 1.55. The summed E-state index contributed by atoms with van der Waals surface area (Å²) >= 11 is 7.71. The minimum Gasteiger partial charge on any atom is -0.346 e. The number of carbonyl (C=O) groups excluding carboxylic acids is 3. The monoisotopic (exact) mass is 1490 g/mol. The molecular weight excluding hydrogens is 1380 g/mol. The molecule has 0 bridgehead atoms. The van der Waals surface area contributed by atoms with Crippen LogP contribution in [0.25, 0.3) is 0 Å². The summed E-state index contributed by atoms with van der Waals surface area (Å²) in [6.07, 6.45) is 22.0. The minimum absolute atomic E-state index is 0. The first-order chi connectivity index (χ1) is 32.2. The molecule has 3 saturated heterocycles. The summed E-state index contributed by atoms with van der Waals surface area (Å²) in [6.45, 7) is 39.2. The van der Waals surface area contributed by atoms with Gasteiger partial charge in [0, 0.05) is 90.7 Å². The van der Waals surface area contributed by atoms with E-state index in [0.29, 0.717) is 36.2 Å². The third-order valence-corrected chi connectivity index (χ3v) is 15.3. The molecule has 0 aromatic heterocycles. The number of piperidine rings is 3. The van der Waals surface area contributed by atoms with Gasteiger partial charge in [0.05, 0.1) is 0 Å². The number of nitrogens with one attached hydrogen (secondary N) is 3. The van der Waals surface area contributed by atoms with Crippen LogP contribution in [0.15, 0.2) is 0 Å². The molecule has 71 heavy (non-hydrogen) atoms. The number of rotatable bonds is 5. The molecule has 1 unspecified atom stereocenters. The second kappa shape index (κ2) is 41.6. The standard InChI is InChI=1S/C18H34N2O2.C13H26N2.C10H20N2O2.C7H12O.C4H9I.C2H5.CH4.I3.V/c1-14-6-10-18(5,11-7-14)20-12-8-15(9-13-20)19-16(21)22-17(2,3)4;1-11-3-7-13(2,8-4-11)15-9-5-12(14)6-10-15;1-10(2,3)14-9(13)12-8-4-6-11-7-5-8;1-6-2-4-7(8)5-3-6;1-3-4(2)5;1-2;;1-3-2;/h14-15H,6-13H2,1-5H3,(H,19,21);11-12H,3-10,14H2,1-2H3;8,11H,4-7H2,1-3H3,(H,12,13);6H,2-5H2,1H3;4H,3H2,1-2H3;1H2,2H3;1H4;;/q;;;;;-1;;-1;. The zero-order valence-electron chi connectivity index (χ0n) is 46.9. The number of hydrogen-bond donors (Lipinski definition) is 4. The SMILES string of the molecule is C.CC(C)(C)OC(=O)NC1CCNCC1.CC1CCC(=O)CC1.CC1CCC(C)(N2CCC(N)CC2)CC1.CC1CCC(C)(N2CCC(NC(=O)OC(C)(C)C)CC2)CC1.CCC(C)I.I[I-]I.[CH2-]C.[V]. The summed E-state index contributed by atoms with van der Waals surface area (Å²) in [5.41, 5.74) is 6.01. The second-order valence-electron chi connectivity index (χ2n) is 23.2. The van der Waals surface area contributed by atoms with Crippen LogP contribution in [0.5, 0.6) is 0 Å². The molecule has 6 fully saturated rings. The summed E-state index contributed by atoms with van der Waals surface area (Å²) in [5.74, 6) is 3.10. The fourth-order valence-electron chi connectivity index (χ4n) is 9.40. The zero-order valence-corrected chi connectivity index (χ0v) is 56.9. The molecule has 3 aliphatic heterocycles. The molecule has 3 saturated carbocycles. The van der Waals surface area contributed by atoms with Crippen LogP contribution in [-0.2, 0) is 32.8 Å². The van der Waals surface area contributed by atoms with E-state index in [0.717, 1.165) is 99.2 Å². The number of hydrogen-bond acceptors (Lipinski definition) is 9. The Labute approximate surface area is 494 Å². The van der Waals surface area contributed by atoms with Crippen molar-refractivity contribution in [2.24, 2.45) is 23.5 Å². The first-order valence-corrected chi connectivity index (χ1v) is 40.7. The van der Waals surface area contributed by atoms with E-state index in [2.05, 4.69) is 141 Å². The number of likely N-dealkylation sites (tertiary alicyclic amines) is 2. The molecule has 5 N–H and O–H groups in total. The average molecular weight is 1490 g/mol. The number of carbonyl (C=O) groups is 3. The second-order valence-corrected chi connectivity index (χ2v) is 41.6. The molecule has 1 radical (unpaired) electrons. The van der Waals surface area contributed by atoms with E-state index in [1.54, 1.807) is 6.92 Å². The Bertz CT molecular complexity index is 1330. The van der Waals surface area contributed by atoms with E-state index in [-0.39, 0.29) is 50.3 Å². The molecule has 0 aromatic rings. The number of ketones is 1. The van der Waals surface area contributed by atoms with Gasteiger partial charge in [-0.05, 0) is 195 Å². The van der Waals surface area contributed by atoms with Crippen LogP contribution >= 0.6 is 59.8 Å². The summed E-state index contributed by atoms with van der Waals surface area (Å²) < 4.78 is 11.4. The Morgan fingerprint density at radius 3 is 1.30 bits per heavy atom. The van der Waals surface area contributed by atoms with Crippen molar-refractivity contribution in [2.75, 3.05) is 39.3 Å². The van der Waals surface area contributed by atoms with E-state index >= 15 is 0 Å². The number of halogens is 4. The van der Waals surface area contributed by atoms with E-state index in [1.165, 1.54) is 83.7 Å². The van der Waals surface area contributed by atoms with Crippen LogP contribution in [0.4, 0.5) is 9.59 Å². The van der Waals surface area contributed by atoms with E-state index in [9.17, 15) is 14.4 Å². The van der Waals surface area contributed by atoms with Crippen molar-refractivity contribution in [1.29, 1.82) is 0 Å². The molecular formula is C55H110I4N6O5V-2. The van der Waals surface area contributed by atoms with Gasteiger partial charge in [0.2, 0.25) is 0 Å². The van der Waals surface area contributed by atoms with Gasteiger partial charge >= 0.3 is 62.7 Å². The molecule has 425 valence electrons. The van der Waals surface area contributed by atoms with Crippen molar-refractivity contribution in [1.82, 2.24) is 25.8 Å². The van der Waals surface area contributed by atoms with Gasteiger partial charge in [-0.15, -0.1) is 0 Å². The number of alkyl halides is 1. The topological polar surface area (TPSA) is 138 Å². The molecule has 0 spiro atoms. The van der Waals surface area contributed by atoms with Crippen molar-refractivity contribution in [2.45, 2.75) is 271 Å². The van der Waals surface area contributed by atoms with Gasteiger partial charge in [0.1, 0.15) is 17.0 Å². The van der Waals surface area contributed by atoms with Crippen LogP contribution in [-0.4, -0.2) is 111 Å². The quantitative estimate of drug-likeness (QED) is 0.120. The predicted octanol–water partition coefficient (Wildman–Crippen LogP) is 11.8. The number of alkyl carbamates (subject to hydrolysis) is 2. The summed E-state index contributed by atoms with van der Waals surface area (Å²) in [7, 11) is 0. The number of nitrogens with two attached hydrogens (primary N) is 1. The number of Topliss-reactive ketones (excluding diaryl/α,β-unsaturated/α-hetero) is 1. The van der Waals surface area contributed by atoms with Gasteiger partial charge < -0.3 is 38.1 Å². The Morgan fingerprint density at radius 2 is 1.00 bits per heavy atom. The molecule has 1 atom stereocenters. The Kier molecular flexibility index (Phi) is 45.0. The maximum absolute atomic E-state index is 11.9. The number of nitrogens with zero attached hydrogens (tertiary/aromatic N) is 2. The third-order valence-electron chi connectivity index (χ3n) is 14.4. The average Bonchev–Trinajstić information content (AvgIpc) is 3.28. The van der Waals surface area contributed by atoms with Gasteiger partial charge in [-0.1, -0.05) is 64.6 Å². The molecule has 0 aromatic carbocycles. The van der Waals surface area contributed by atoms with Crippen LogP contribution in [0.3, 0.4) is 0 Å². The molecule has 3 heterocycles. The predicted molar refractivity (Wildman–Crippen MR) is 322 cm³/mol. The van der Waals surface area contributed by atoms with Crippen LogP contribution in [0.1, 0.15) is 226 Å². The van der Waals surface area contributed by atoms with Crippen LogP contribution < -0.4 is 34.9 Å². The fourth-order valence-corrected chi connectivity index (χ4v) is 9.40. The summed E-state index contributed by atoms with van der Waals surface area (Å²) in [6, 6.07) is 0.996. The maximum Gasteiger partial charge on any atom is 0 e. The van der Waals surface area contributed by atoms with Crippen LogP contribution in [0.2, 0.25) is 0 Å². The fraction of sp³-hybridized carbons (Fsp3) is 0.927. The summed E-state index contributed by atoms with van der Waals surface area (Å²) in [4.78, 5) is 39.2. The normalized spacial score (nSPS) is 26.3. The molecule has 6 rings (SSSR count). The number of amides is 2. The first-order valence-electron chi connectivity index (χ1n) is 26.9. The molecule has 2 amide bonds. The van der Waals surface area contributed by atoms with Crippen molar-refractivity contribution in [3.8, 4) is 0 Å². The zero-order chi connectivity index (χ0) is 52.8. The van der Waals surface area contributed by atoms with E-state index in [1.807, 2.05) is 41.5 Å². The van der Waals surface area contributed by atoms with Gasteiger partial charge in [-0.25, -0.2) is 9.59 Å².